The van der Waals surface area contributed by atoms with E-state index in [4.69, 9.17) is 16.3 Å². The van der Waals surface area contributed by atoms with Gasteiger partial charge in [-0.05, 0) is 120 Å². The van der Waals surface area contributed by atoms with E-state index < -0.39 is 174 Å². The first-order chi connectivity index (χ1) is 46.8. The molecule has 5 N–H and O–H groups in total. The number of nitrogens with one attached hydrogen (secondary N) is 4. The lowest BCUT2D eigenvalue weighted by Gasteiger charge is -2.38. The summed E-state index contributed by atoms with van der Waals surface area (Å²) in [5, 5.41) is 22.8. The summed E-state index contributed by atoms with van der Waals surface area (Å²) in [6.07, 6.45) is 0.542. The first kappa shape index (κ1) is 83.0. The van der Waals surface area contributed by atoms with E-state index in [1.807, 2.05) is 27.7 Å². The van der Waals surface area contributed by atoms with Crippen LogP contribution in [0.15, 0.2) is 54.6 Å². The Kier molecular flexibility index (Phi) is 30.9. The molecule has 556 valence electrons. The number of nitrogens with zero attached hydrogens (tertiary/aromatic N) is 8. The number of hydrogen-bond donors (Lipinski definition) is 5. The van der Waals surface area contributed by atoms with Crippen LogP contribution in [0.2, 0.25) is 5.02 Å². The minimum Gasteiger partial charge on any atom is -0.391 e. The van der Waals surface area contributed by atoms with Crippen LogP contribution in [0.5, 0.6) is 0 Å². The summed E-state index contributed by atoms with van der Waals surface area (Å²) in [7, 11) is 8.29. The highest BCUT2D eigenvalue weighted by Gasteiger charge is 2.46. The maximum absolute atomic E-state index is 15.6. The van der Waals surface area contributed by atoms with E-state index in [0.29, 0.717) is 48.5 Å². The molecule has 100 heavy (non-hydrogen) atoms. The highest BCUT2D eigenvalue weighted by atomic mass is 35.5. The molecule has 2 aromatic carbocycles. The Morgan fingerprint density at radius 1 is 0.550 bits per heavy atom. The highest BCUT2D eigenvalue weighted by molar-refractivity contribution is 6.30. The number of aliphatic hydroxyl groups is 1. The van der Waals surface area contributed by atoms with Gasteiger partial charge in [-0.2, -0.15) is 0 Å². The molecule has 26 nitrogen and oxygen atoms in total. The van der Waals surface area contributed by atoms with Crippen LogP contribution in [-0.4, -0.2) is 262 Å². The van der Waals surface area contributed by atoms with Crippen molar-refractivity contribution in [2.45, 2.75) is 219 Å². The SMILES string of the molecule is CC(C)C[C@H]1C(=O)N[C@@H](COC(C)(C)C)C(=O)N(C)[C@@H](Cc2ccccc2)C(=O)N(C)[C@@H](CC(C)C)C(=O)N[C@H](C(=O)N2CCCCC2)CC(=O)N2CCC[C@H]2C(=O)N(C)[C@@H](Cc2cccc(Cl)c2)C(=O)N[C@@H](C(C)C)C(=O)N(C)[C@@H](C(C)C)C(=O)N[C@@H]([C@@H](C)O)C(=O)N(C)CC(=O)N1C. The van der Waals surface area contributed by atoms with E-state index >= 15 is 28.8 Å². The van der Waals surface area contributed by atoms with Gasteiger partial charge >= 0.3 is 0 Å². The fourth-order valence-electron chi connectivity index (χ4n) is 13.1. The highest BCUT2D eigenvalue weighted by Crippen LogP contribution is 2.27. The number of aliphatic hydroxyl groups excluding tert-OH is 1. The van der Waals surface area contributed by atoms with E-state index in [-0.39, 0.29) is 50.5 Å². The van der Waals surface area contributed by atoms with Crippen molar-refractivity contribution in [3.05, 3.63) is 70.7 Å². The van der Waals surface area contributed by atoms with Gasteiger partial charge in [-0.3, -0.25) is 57.5 Å². The number of amides is 12. The predicted molar refractivity (Wildman–Crippen MR) is 379 cm³/mol. The van der Waals surface area contributed by atoms with E-state index in [1.54, 1.807) is 108 Å². The van der Waals surface area contributed by atoms with Crippen LogP contribution in [0.3, 0.4) is 0 Å². The molecule has 0 unspecified atom stereocenters. The first-order valence-electron chi connectivity index (χ1n) is 35.2. The van der Waals surface area contributed by atoms with E-state index in [2.05, 4.69) is 21.3 Å². The van der Waals surface area contributed by atoms with Crippen molar-refractivity contribution in [3.8, 4) is 0 Å². The Labute approximate surface area is 596 Å². The van der Waals surface area contributed by atoms with E-state index in [1.165, 1.54) is 68.8 Å². The minimum atomic E-state index is -1.67. The third-order valence-corrected chi connectivity index (χ3v) is 19.2. The lowest BCUT2D eigenvalue weighted by Crippen LogP contribution is -2.63. The Morgan fingerprint density at radius 3 is 1.65 bits per heavy atom. The maximum atomic E-state index is 15.6. The molecular weight excluding hydrogens is 1300 g/mol. The van der Waals surface area contributed by atoms with Crippen LogP contribution in [0.25, 0.3) is 0 Å². The summed E-state index contributed by atoms with van der Waals surface area (Å²) in [5.74, 6) is -10.5. The van der Waals surface area contributed by atoms with Crippen molar-refractivity contribution in [2.24, 2.45) is 23.7 Å². The van der Waals surface area contributed by atoms with Gasteiger partial charge in [-0.1, -0.05) is 109 Å². The largest absolute Gasteiger partial charge is 0.391 e. The van der Waals surface area contributed by atoms with Crippen molar-refractivity contribution >= 4 is 82.5 Å². The molecule has 0 aromatic heterocycles. The maximum Gasteiger partial charge on any atom is 0.248 e. The number of likely N-dealkylation sites (tertiary alicyclic amines) is 1. The summed E-state index contributed by atoms with van der Waals surface area (Å²) in [6, 6.07) is 1.90. The molecule has 11 atom stereocenters. The van der Waals surface area contributed by atoms with Crippen LogP contribution >= 0.6 is 11.6 Å². The third kappa shape index (κ3) is 22.6. The normalized spacial score (nSPS) is 25.8. The van der Waals surface area contributed by atoms with Crippen LogP contribution in [-0.2, 0) is 75.1 Å². The van der Waals surface area contributed by atoms with Crippen molar-refractivity contribution in [3.63, 3.8) is 0 Å². The van der Waals surface area contributed by atoms with Crippen LogP contribution in [0, 0.1) is 23.7 Å². The van der Waals surface area contributed by atoms with Crippen LogP contribution < -0.4 is 21.3 Å². The number of likely N-dealkylation sites (N-methyl/N-ethyl adjacent to an activating group) is 6. The second kappa shape index (κ2) is 37.3. The lowest BCUT2D eigenvalue weighted by atomic mass is 9.96. The van der Waals surface area contributed by atoms with E-state index in [9.17, 15) is 33.9 Å². The van der Waals surface area contributed by atoms with Crippen LogP contribution in [0.1, 0.15) is 146 Å². The second-order valence-corrected chi connectivity index (χ2v) is 30.3. The number of piperidine rings is 1. The minimum absolute atomic E-state index is 0.0613. The zero-order chi connectivity index (χ0) is 74.9. The molecule has 0 saturated carbocycles. The number of carbonyl (C=O) groups is 12. The average molecular weight is 1420 g/mol. The zero-order valence-electron chi connectivity index (χ0n) is 62.2. The molecule has 3 fully saturated rings. The van der Waals surface area contributed by atoms with Gasteiger partial charge in [0.1, 0.15) is 60.4 Å². The smallest absolute Gasteiger partial charge is 0.248 e. The fourth-order valence-corrected chi connectivity index (χ4v) is 13.4. The number of carbonyl (C=O) groups excluding carboxylic acids is 12. The molecule has 27 heteroatoms. The Bertz CT molecular complexity index is 3190. The van der Waals surface area contributed by atoms with Gasteiger partial charge in [0, 0.05) is 79.8 Å². The zero-order valence-corrected chi connectivity index (χ0v) is 62.9. The molecule has 3 saturated heterocycles. The lowest BCUT2D eigenvalue weighted by molar-refractivity contribution is -0.152. The molecule has 0 radical (unpaired) electrons. The number of fused-ring (bicyclic) bond motifs is 1. The molecule has 3 heterocycles. The number of benzene rings is 2. The quantitative estimate of drug-likeness (QED) is 0.180. The standard InChI is InChI=1S/C73H113ClN12O14/c1-43(2)35-54-63(90)76-52(42-100-73(10,11)12)67(94)83(17)57(38-48-27-21-19-22-28-48)70(97)81(15)55(36-44(3)4)64(91)75-51(68(95)85-32-23-20-24-33-85)40-58(88)86-34-26-31-53(86)69(96)82(16)56(39-49-29-25-30-50(74)37-49)65(92)77-60(45(5)6)72(99)84(18)62(46(7)8)66(93)78-61(47(9)87)71(98)79(13)41-59(89)80(54)14/h19,21-22,25,27-30,37,43-47,51-57,60-62,87H,20,23-24,26,31-36,38-42H2,1-18H3,(H,75,91)(H,76,90)(H,77,92)(H,78,93)/t47-,51+,52+,53+,54+,55+,56+,57+,60+,61+,62+/m1/s1. The summed E-state index contributed by atoms with van der Waals surface area (Å²) < 4.78 is 6.20. The first-order valence-corrected chi connectivity index (χ1v) is 35.6. The molecule has 0 aliphatic carbocycles. The van der Waals surface area contributed by atoms with Crippen molar-refractivity contribution in [1.29, 1.82) is 0 Å². The summed E-state index contributed by atoms with van der Waals surface area (Å²) in [5.41, 5.74) is 0.329. The molecule has 3 aliphatic rings. The van der Waals surface area contributed by atoms with Gasteiger partial charge < -0.3 is 70.3 Å². The van der Waals surface area contributed by atoms with E-state index in [0.717, 1.165) is 21.1 Å². The van der Waals surface area contributed by atoms with Crippen LogP contribution in [0.4, 0.5) is 0 Å². The summed E-state index contributed by atoms with van der Waals surface area (Å²) in [6.45, 7) is 20.4. The molecule has 5 rings (SSSR count). The molecular formula is C73H113ClN12O14. The second-order valence-electron chi connectivity index (χ2n) is 29.9. The van der Waals surface area contributed by atoms with Gasteiger partial charge in [0.2, 0.25) is 70.9 Å². The van der Waals surface area contributed by atoms with Gasteiger partial charge in [0.25, 0.3) is 0 Å². The third-order valence-electron chi connectivity index (χ3n) is 19.0. The molecule has 2 aromatic rings. The van der Waals surface area contributed by atoms with Crippen molar-refractivity contribution in [1.82, 2.24) is 60.5 Å². The summed E-state index contributed by atoms with van der Waals surface area (Å²) >= 11 is 6.48. The average Bonchev–Trinajstić information content (AvgIpc) is 1.39. The molecule has 0 spiro atoms. The monoisotopic (exact) mass is 1420 g/mol. The Balaban J connectivity index is 1.70. The predicted octanol–water partition coefficient (Wildman–Crippen LogP) is 3.67. The number of hydrogen-bond acceptors (Lipinski definition) is 14. The van der Waals surface area contributed by atoms with Crippen molar-refractivity contribution < 1.29 is 67.4 Å². The number of halogens is 1. The molecule has 3 aliphatic heterocycles. The van der Waals surface area contributed by atoms with Gasteiger partial charge in [-0.15, -0.1) is 0 Å². The number of rotatable bonds is 14. The Morgan fingerprint density at radius 2 is 1.09 bits per heavy atom. The fraction of sp³-hybridized carbons (Fsp3) is 0.671. The molecule has 12 amide bonds. The van der Waals surface area contributed by atoms with Gasteiger partial charge in [-0.25, -0.2) is 0 Å². The Hall–Kier alpha value is -7.71. The van der Waals surface area contributed by atoms with Crippen molar-refractivity contribution in [2.75, 3.05) is 75.1 Å². The van der Waals surface area contributed by atoms with Gasteiger partial charge in [0.15, 0.2) is 0 Å². The number of ether oxygens (including phenoxy) is 1. The molecule has 0 bridgehead atoms. The summed E-state index contributed by atoms with van der Waals surface area (Å²) in [4.78, 5) is 190. The van der Waals surface area contributed by atoms with Gasteiger partial charge in [0.05, 0.1) is 31.3 Å². The topological polar surface area (TPSA) is 308 Å².